The standard InChI is InChI=1S/C32H30F3N5O3S/c33-24-3-5-25(6-4-24)38-29-16-23-10-14-40(44(42,43)26-7-8-27(34)28(35)17-26)20-32(23,18-22(29)19-36)31(41)21-9-11-37-30(15-21)39-12-1-2-13-39/h3-9,11,15-17,19H,1-2,10,12-14,18,20,36H2/t32-/m0/s1. The first kappa shape index (κ1) is 29.8. The topological polar surface area (TPSA) is 109 Å². The van der Waals surface area contributed by atoms with Gasteiger partial charge in [0.2, 0.25) is 10.0 Å². The summed E-state index contributed by atoms with van der Waals surface area (Å²) < 4.78 is 69.9. The summed E-state index contributed by atoms with van der Waals surface area (Å²) in [5, 5.41) is 0. The van der Waals surface area contributed by atoms with Crippen LogP contribution < -0.4 is 10.6 Å². The number of nitrogens with two attached hydrogens (primary N) is 1. The van der Waals surface area contributed by atoms with Crippen LogP contribution in [0.15, 0.2) is 94.1 Å². The minimum Gasteiger partial charge on any atom is -0.404 e. The highest BCUT2D eigenvalue weighted by atomic mass is 32.2. The Hall–Kier alpha value is -4.29. The van der Waals surface area contributed by atoms with Crippen molar-refractivity contribution in [3.05, 3.63) is 107 Å². The Balaban J connectivity index is 1.45. The number of carbonyl (C=O) groups excluding carboxylic acids is 1. The number of benzene rings is 2. The fourth-order valence-corrected chi connectivity index (χ4v) is 7.68. The quantitative estimate of drug-likeness (QED) is 0.374. The molecule has 1 aliphatic carbocycles. The lowest BCUT2D eigenvalue weighted by molar-refractivity contribution is 0.0776. The minimum absolute atomic E-state index is 0.00304. The van der Waals surface area contributed by atoms with Crippen LogP contribution in [0.5, 0.6) is 0 Å². The van der Waals surface area contributed by atoms with Crippen LogP contribution in [0.3, 0.4) is 0 Å². The smallest absolute Gasteiger partial charge is 0.243 e. The van der Waals surface area contributed by atoms with Gasteiger partial charge in [-0.3, -0.25) is 4.79 Å². The zero-order valence-corrected chi connectivity index (χ0v) is 24.5. The lowest BCUT2D eigenvalue weighted by atomic mass is 9.64. The van der Waals surface area contributed by atoms with Crippen molar-refractivity contribution in [2.45, 2.75) is 30.6 Å². The van der Waals surface area contributed by atoms with Gasteiger partial charge in [-0.25, -0.2) is 31.6 Å². The van der Waals surface area contributed by atoms with Crippen molar-refractivity contribution in [1.82, 2.24) is 9.29 Å². The molecule has 2 aliphatic heterocycles. The molecule has 2 saturated heterocycles. The molecular formula is C32H30F3N5O3S. The molecule has 3 aromatic rings. The molecule has 228 valence electrons. The summed E-state index contributed by atoms with van der Waals surface area (Å²) in [4.78, 5) is 25.4. The van der Waals surface area contributed by atoms with Gasteiger partial charge in [0.25, 0.3) is 0 Å². The Kier molecular flexibility index (Phi) is 7.89. The average molecular weight is 622 g/mol. The Labute approximate surface area is 253 Å². The van der Waals surface area contributed by atoms with Crippen molar-refractivity contribution >= 4 is 33.0 Å². The third-order valence-corrected chi connectivity index (χ3v) is 10.3. The highest BCUT2D eigenvalue weighted by Gasteiger charge is 2.51. The number of pyridine rings is 1. The summed E-state index contributed by atoms with van der Waals surface area (Å²) in [6.07, 6.45) is 6.94. The number of ketones is 1. The van der Waals surface area contributed by atoms with E-state index in [1.165, 1.54) is 30.5 Å². The SMILES string of the molecule is NC=C1C[C@]2(C(=O)c3ccnc(N4CCCC4)c3)CN(S(=O)(=O)c3ccc(F)c(F)c3)CCC2=CC1=Nc1ccc(F)cc1. The van der Waals surface area contributed by atoms with Crippen LogP contribution in [-0.4, -0.2) is 55.4 Å². The van der Waals surface area contributed by atoms with Gasteiger partial charge in [0, 0.05) is 37.9 Å². The van der Waals surface area contributed by atoms with Gasteiger partial charge in [-0.15, -0.1) is 0 Å². The number of aliphatic imine (C=N–C) groups is 1. The summed E-state index contributed by atoms with van der Waals surface area (Å²) in [5.41, 5.74) is 7.23. The molecule has 3 aliphatic rings. The molecule has 1 atom stereocenters. The third kappa shape index (κ3) is 5.43. The largest absolute Gasteiger partial charge is 0.404 e. The number of fused-ring (bicyclic) bond motifs is 1. The highest BCUT2D eigenvalue weighted by molar-refractivity contribution is 7.89. The second-order valence-electron chi connectivity index (χ2n) is 11.2. The minimum atomic E-state index is -4.31. The van der Waals surface area contributed by atoms with E-state index in [4.69, 9.17) is 5.73 Å². The van der Waals surface area contributed by atoms with E-state index in [2.05, 4.69) is 14.9 Å². The number of carbonyl (C=O) groups is 1. The van der Waals surface area contributed by atoms with Gasteiger partial charge in [-0.05, 0) is 98.1 Å². The van der Waals surface area contributed by atoms with Crippen LogP contribution in [-0.2, 0) is 10.0 Å². The monoisotopic (exact) mass is 621 g/mol. The van der Waals surface area contributed by atoms with E-state index < -0.39 is 37.8 Å². The van der Waals surface area contributed by atoms with Crippen molar-refractivity contribution in [1.29, 1.82) is 0 Å². The summed E-state index contributed by atoms with van der Waals surface area (Å²) in [7, 11) is -4.31. The maximum atomic E-state index is 14.6. The van der Waals surface area contributed by atoms with Crippen LogP contribution in [0, 0.1) is 22.9 Å². The molecule has 0 amide bonds. The van der Waals surface area contributed by atoms with Gasteiger partial charge < -0.3 is 10.6 Å². The number of nitrogens with zero attached hydrogens (tertiary/aromatic N) is 4. The number of aromatic nitrogens is 1. The molecule has 0 radical (unpaired) electrons. The number of hydrogen-bond acceptors (Lipinski definition) is 7. The van der Waals surface area contributed by atoms with Gasteiger partial charge >= 0.3 is 0 Å². The lowest BCUT2D eigenvalue weighted by Gasteiger charge is -2.45. The summed E-state index contributed by atoms with van der Waals surface area (Å²) >= 11 is 0. The predicted octanol–water partition coefficient (Wildman–Crippen LogP) is 5.31. The lowest BCUT2D eigenvalue weighted by Crippen LogP contribution is -2.53. The van der Waals surface area contributed by atoms with Crippen molar-refractivity contribution < 1.29 is 26.4 Å². The van der Waals surface area contributed by atoms with E-state index in [9.17, 15) is 26.4 Å². The molecule has 0 spiro atoms. The molecule has 2 fully saturated rings. The molecule has 8 nitrogen and oxygen atoms in total. The Bertz CT molecular complexity index is 1820. The van der Waals surface area contributed by atoms with E-state index in [0.29, 0.717) is 40.0 Å². The molecule has 2 aromatic carbocycles. The van der Waals surface area contributed by atoms with Gasteiger partial charge in [-0.1, -0.05) is 5.57 Å². The third-order valence-electron chi connectivity index (χ3n) is 8.50. The molecule has 0 saturated carbocycles. The molecule has 0 bridgehead atoms. The molecule has 1 aromatic heterocycles. The number of halogens is 3. The number of anilines is 1. The Morgan fingerprint density at radius 1 is 0.977 bits per heavy atom. The fourth-order valence-electron chi connectivity index (χ4n) is 6.17. The number of Topliss-reactive ketones (excluding diaryl/α,β-unsaturated/α-hetero) is 1. The Morgan fingerprint density at radius 2 is 1.73 bits per heavy atom. The highest BCUT2D eigenvalue weighted by Crippen LogP contribution is 2.48. The van der Waals surface area contributed by atoms with E-state index in [1.54, 1.807) is 24.4 Å². The predicted molar refractivity (Wildman–Crippen MR) is 161 cm³/mol. The first-order valence-corrected chi connectivity index (χ1v) is 15.7. The first-order valence-electron chi connectivity index (χ1n) is 14.3. The van der Waals surface area contributed by atoms with Crippen molar-refractivity contribution in [2.75, 3.05) is 31.1 Å². The molecule has 44 heavy (non-hydrogen) atoms. The van der Waals surface area contributed by atoms with Gasteiger partial charge in [0.1, 0.15) is 11.6 Å². The number of piperidine rings is 1. The summed E-state index contributed by atoms with van der Waals surface area (Å²) in [6, 6.07) is 11.4. The van der Waals surface area contributed by atoms with Gasteiger partial charge in [0.05, 0.1) is 21.7 Å². The van der Waals surface area contributed by atoms with Gasteiger partial charge in [0.15, 0.2) is 17.4 Å². The summed E-state index contributed by atoms with van der Waals surface area (Å²) in [5.74, 6) is -2.49. The van der Waals surface area contributed by atoms with Crippen LogP contribution in [0.25, 0.3) is 0 Å². The average Bonchev–Trinajstić information content (AvgIpc) is 3.58. The van der Waals surface area contributed by atoms with E-state index in [1.807, 2.05) is 0 Å². The zero-order valence-electron chi connectivity index (χ0n) is 23.7. The normalized spacial score (nSPS) is 22.7. The van der Waals surface area contributed by atoms with Crippen LogP contribution in [0.1, 0.15) is 36.0 Å². The summed E-state index contributed by atoms with van der Waals surface area (Å²) in [6.45, 7) is 1.40. The van der Waals surface area contributed by atoms with Crippen molar-refractivity contribution in [3.8, 4) is 0 Å². The van der Waals surface area contributed by atoms with Crippen LogP contribution >= 0.6 is 0 Å². The van der Waals surface area contributed by atoms with Crippen LogP contribution in [0.4, 0.5) is 24.7 Å². The van der Waals surface area contributed by atoms with Crippen LogP contribution in [0.2, 0.25) is 0 Å². The first-order chi connectivity index (χ1) is 21.1. The molecule has 12 heteroatoms. The molecule has 2 N–H and O–H groups in total. The number of allylic oxidation sites excluding steroid dienone is 2. The second kappa shape index (κ2) is 11.7. The number of rotatable bonds is 6. The van der Waals surface area contributed by atoms with E-state index >= 15 is 0 Å². The molecule has 6 rings (SSSR count). The molecule has 3 heterocycles. The Morgan fingerprint density at radius 3 is 2.43 bits per heavy atom. The van der Waals surface area contributed by atoms with E-state index in [-0.39, 0.29) is 31.7 Å². The van der Waals surface area contributed by atoms with Crippen molar-refractivity contribution in [3.63, 3.8) is 0 Å². The maximum Gasteiger partial charge on any atom is 0.243 e. The maximum absolute atomic E-state index is 14.6. The molecular weight excluding hydrogens is 591 g/mol. The molecule has 0 unspecified atom stereocenters. The zero-order chi connectivity index (χ0) is 31.1. The second-order valence-corrected chi connectivity index (χ2v) is 13.1. The van der Waals surface area contributed by atoms with Gasteiger partial charge in [-0.2, -0.15) is 4.31 Å². The van der Waals surface area contributed by atoms with E-state index in [0.717, 1.165) is 42.4 Å². The fraction of sp³-hybridized carbons (Fsp3) is 0.281. The number of hydrogen-bond donors (Lipinski definition) is 1. The number of sulfonamides is 1. The van der Waals surface area contributed by atoms with Crippen molar-refractivity contribution in [2.24, 2.45) is 16.1 Å².